The van der Waals surface area contributed by atoms with Gasteiger partial charge in [0.1, 0.15) is 6.07 Å². The van der Waals surface area contributed by atoms with Crippen LogP contribution >= 0.6 is 0 Å². The highest BCUT2D eigenvalue weighted by Crippen LogP contribution is 2.30. The van der Waals surface area contributed by atoms with Crippen LogP contribution in [-0.4, -0.2) is 23.3 Å². The van der Waals surface area contributed by atoms with Gasteiger partial charge in [0.05, 0.1) is 30.3 Å². The fourth-order valence-corrected chi connectivity index (χ4v) is 2.75. The first-order chi connectivity index (χ1) is 12.2. The van der Waals surface area contributed by atoms with Crippen molar-refractivity contribution in [3.05, 3.63) is 53.9 Å². The molecule has 3 rings (SSSR count). The monoisotopic (exact) mass is 333 g/mol. The summed E-state index contributed by atoms with van der Waals surface area (Å²) in [6.07, 6.45) is 1.81. The molecule has 0 saturated heterocycles. The number of imidazole rings is 1. The Morgan fingerprint density at radius 1 is 1.24 bits per heavy atom. The zero-order valence-electron chi connectivity index (χ0n) is 14.5. The van der Waals surface area contributed by atoms with E-state index >= 15 is 0 Å². The number of hydrogen-bond acceptors (Lipinski definition) is 4. The summed E-state index contributed by atoms with van der Waals surface area (Å²) >= 11 is 0. The van der Waals surface area contributed by atoms with E-state index in [9.17, 15) is 5.26 Å². The molecule has 0 aliphatic heterocycles. The maximum atomic E-state index is 9.64. The summed E-state index contributed by atoms with van der Waals surface area (Å²) in [5.41, 5.74) is 3.20. The van der Waals surface area contributed by atoms with Gasteiger partial charge in [0.15, 0.2) is 17.3 Å². The average molecular weight is 333 g/mol. The van der Waals surface area contributed by atoms with Crippen molar-refractivity contribution in [3.63, 3.8) is 0 Å². The molecule has 0 fully saturated rings. The minimum absolute atomic E-state index is 0.492. The lowest BCUT2D eigenvalue weighted by Crippen LogP contribution is -1.97. The molecule has 126 valence electrons. The lowest BCUT2D eigenvalue weighted by atomic mass is 10.1. The summed E-state index contributed by atoms with van der Waals surface area (Å²) in [5, 5.41) is 9.64. The highest BCUT2D eigenvalue weighted by atomic mass is 16.5. The lowest BCUT2D eigenvalue weighted by Gasteiger charge is -2.10. The van der Waals surface area contributed by atoms with Gasteiger partial charge in [0, 0.05) is 7.05 Å². The fourth-order valence-electron chi connectivity index (χ4n) is 2.75. The van der Waals surface area contributed by atoms with E-state index in [0.717, 1.165) is 16.6 Å². The van der Waals surface area contributed by atoms with Crippen LogP contribution in [0.2, 0.25) is 0 Å². The Morgan fingerprint density at radius 3 is 2.72 bits per heavy atom. The van der Waals surface area contributed by atoms with Gasteiger partial charge in [0.2, 0.25) is 0 Å². The van der Waals surface area contributed by atoms with Crippen LogP contribution in [0, 0.1) is 11.3 Å². The van der Waals surface area contributed by atoms with Crippen LogP contribution in [0.25, 0.3) is 22.7 Å². The Morgan fingerprint density at radius 2 is 2.04 bits per heavy atom. The number of aryl methyl sites for hydroxylation is 1. The number of allylic oxidation sites excluding steroid dienone is 1. The molecule has 0 aliphatic carbocycles. The Bertz CT molecular complexity index is 980. The van der Waals surface area contributed by atoms with Crippen LogP contribution in [0.4, 0.5) is 0 Å². The molecule has 0 radical (unpaired) electrons. The molecule has 0 bridgehead atoms. The van der Waals surface area contributed by atoms with Crippen LogP contribution in [0.15, 0.2) is 42.5 Å². The van der Waals surface area contributed by atoms with Crippen molar-refractivity contribution in [2.45, 2.75) is 6.92 Å². The van der Waals surface area contributed by atoms with Crippen LogP contribution in [0.5, 0.6) is 11.5 Å². The number of rotatable bonds is 5. The van der Waals surface area contributed by atoms with Crippen LogP contribution in [0.3, 0.4) is 0 Å². The van der Waals surface area contributed by atoms with Gasteiger partial charge < -0.3 is 14.0 Å². The van der Waals surface area contributed by atoms with Gasteiger partial charge in [-0.15, -0.1) is 0 Å². The standard InChI is InChI=1S/C20H19N3O2/c1-4-25-19-12-14(9-10-18(19)24-3)11-15(13-21)20-22-16-7-5-6-8-17(16)23(20)2/h5-12H,4H2,1-3H3/b15-11+. The summed E-state index contributed by atoms with van der Waals surface area (Å²) in [5.74, 6) is 1.96. The molecular formula is C20H19N3O2. The van der Waals surface area contributed by atoms with E-state index in [0.29, 0.717) is 29.5 Å². The molecule has 1 aromatic heterocycles. The molecule has 2 aromatic carbocycles. The maximum absolute atomic E-state index is 9.64. The van der Waals surface area contributed by atoms with E-state index in [-0.39, 0.29) is 0 Å². The predicted molar refractivity (Wildman–Crippen MR) is 98.4 cm³/mol. The number of fused-ring (bicyclic) bond motifs is 1. The Balaban J connectivity index is 2.07. The first kappa shape index (κ1) is 16.6. The van der Waals surface area contributed by atoms with Gasteiger partial charge in [-0.05, 0) is 42.8 Å². The number of benzene rings is 2. The maximum Gasteiger partial charge on any atom is 0.161 e. The molecule has 0 spiro atoms. The molecule has 0 N–H and O–H groups in total. The van der Waals surface area contributed by atoms with Gasteiger partial charge in [0.25, 0.3) is 0 Å². The van der Waals surface area contributed by atoms with E-state index in [4.69, 9.17) is 9.47 Å². The molecule has 5 heteroatoms. The molecule has 0 atom stereocenters. The van der Waals surface area contributed by atoms with Crippen molar-refractivity contribution in [1.82, 2.24) is 9.55 Å². The first-order valence-corrected chi connectivity index (χ1v) is 8.02. The van der Waals surface area contributed by atoms with E-state index in [1.54, 1.807) is 7.11 Å². The second kappa shape index (κ2) is 7.10. The summed E-state index contributed by atoms with van der Waals surface area (Å²) in [4.78, 5) is 4.59. The van der Waals surface area contributed by atoms with E-state index in [1.165, 1.54) is 0 Å². The average Bonchev–Trinajstić information content (AvgIpc) is 2.97. The summed E-state index contributed by atoms with van der Waals surface area (Å²) < 4.78 is 12.8. The Hall–Kier alpha value is -3.26. The topological polar surface area (TPSA) is 60.1 Å². The molecule has 1 heterocycles. The van der Waals surface area contributed by atoms with Crippen molar-refractivity contribution >= 4 is 22.7 Å². The quantitative estimate of drug-likeness (QED) is 0.661. The van der Waals surface area contributed by atoms with Crippen molar-refractivity contribution in [3.8, 4) is 17.6 Å². The van der Waals surface area contributed by atoms with E-state index in [2.05, 4.69) is 11.1 Å². The molecule has 0 unspecified atom stereocenters. The van der Waals surface area contributed by atoms with Crippen molar-refractivity contribution < 1.29 is 9.47 Å². The Kier molecular flexibility index (Phi) is 4.71. The van der Waals surface area contributed by atoms with Crippen molar-refractivity contribution in [2.24, 2.45) is 7.05 Å². The summed E-state index contributed by atoms with van der Waals surface area (Å²) in [6.45, 7) is 2.46. The number of methoxy groups -OCH3 is 1. The zero-order valence-corrected chi connectivity index (χ0v) is 14.5. The second-order valence-corrected chi connectivity index (χ2v) is 5.50. The Labute approximate surface area is 146 Å². The third-order valence-corrected chi connectivity index (χ3v) is 3.95. The van der Waals surface area contributed by atoms with Crippen LogP contribution in [-0.2, 0) is 7.05 Å². The number of aromatic nitrogens is 2. The molecule has 0 aliphatic rings. The van der Waals surface area contributed by atoms with E-state index in [1.807, 2.05) is 67.1 Å². The van der Waals surface area contributed by atoms with Gasteiger partial charge in [-0.3, -0.25) is 0 Å². The molecule has 0 saturated carbocycles. The number of nitriles is 1. The first-order valence-electron chi connectivity index (χ1n) is 8.02. The largest absolute Gasteiger partial charge is 0.493 e. The third-order valence-electron chi connectivity index (χ3n) is 3.95. The lowest BCUT2D eigenvalue weighted by molar-refractivity contribution is 0.311. The minimum Gasteiger partial charge on any atom is -0.493 e. The van der Waals surface area contributed by atoms with Crippen LogP contribution < -0.4 is 9.47 Å². The van der Waals surface area contributed by atoms with Crippen molar-refractivity contribution in [1.29, 1.82) is 5.26 Å². The minimum atomic E-state index is 0.492. The molecular weight excluding hydrogens is 314 g/mol. The fraction of sp³-hybridized carbons (Fsp3) is 0.200. The molecule has 0 amide bonds. The normalized spacial score (nSPS) is 11.4. The predicted octanol–water partition coefficient (Wildman–Crippen LogP) is 4.04. The van der Waals surface area contributed by atoms with Gasteiger partial charge in [-0.2, -0.15) is 5.26 Å². The molecule has 3 aromatic rings. The highest BCUT2D eigenvalue weighted by molar-refractivity contribution is 5.91. The SMILES string of the molecule is CCOc1cc(/C=C(\C#N)c2nc3ccccc3n2C)ccc1OC. The summed E-state index contributed by atoms with van der Waals surface area (Å²) in [7, 11) is 3.52. The number of hydrogen-bond donors (Lipinski definition) is 0. The van der Waals surface area contributed by atoms with Gasteiger partial charge >= 0.3 is 0 Å². The second-order valence-electron chi connectivity index (χ2n) is 5.50. The summed E-state index contributed by atoms with van der Waals surface area (Å²) in [6, 6.07) is 15.7. The van der Waals surface area contributed by atoms with Crippen molar-refractivity contribution in [2.75, 3.05) is 13.7 Å². The number of para-hydroxylation sites is 2. The molecule has 25 heavy (non-hydrogen) atoms. The molecule has 5 nitrogen and oxygen atoms in total. The van der Waals surface area contributed by atoms with Gasteiger partial charge in [-0.25, -0.2) is 4.98 Å². The number of ether oxygens (including phenoxy) is 2. The third kappa shape index (κ3) is 3.20. The highest BCUT2D eigenvalue weighted by Gasteiger charge is 2.12. The number of nitrogens with zero attached hydrogens (tertiary/aromatic N) is 3. The zero-order chi connectivity index (χ0) is 17.8. The van der Waals surface area contributed by atoms with Gasteiger partial charge in [-0.1, -0.05) is 18.2 Å². The smallest absolute Gasteiger partial charge is 0.161 e. The van der Waals surface area contributed by atoms with E-state index < -0.39 is 0 Å². The van der Waals surface area contributed by atoms with Crippen LogP contribution in [0.1, 0.15) is 18.3 Å².